The van der Waals surface area contributed by atoms with Crippen molar-refractivity contribution in [3.05, 3.63) is 47.9 Å². The normalized spacial score (nSPS) is 11.0. The highest BCUT2D eigenvalue weighted by atomic mass is 16.3. The van der Waals surface area contributed by atoms with E-state index in [1.807, 2.05) is 6.07 Å². The van der Waals surface area contributed by atoms with Gasteiger partial charge in [-0.15, -0.1) is 0 Å². The van der Waals surface area contributed by atoms with Crippen molar-refractivity contribution in [2.45, 2.75) is 6.92 Å². The number of fused-ring (bicyclic) bond motifs is 1. The second-order valence-corrected chi connectivity index (χ2v) is 5.20. The summed E-state index contributed by atoms with van der Waals surface area (Å²) < 4.78 is 5.78. The standard InChI is InChI=1S/C16H12N6O2/c1-8-11(14(17)23)12(9-6-19-20-7-9)21-15-13(8)24-16(22-15)10-4-2-3-5-18-10/h2-7H,1H3,(H2,17,23)(H,19,20). The average Bonchev–Trinajstić information content (AvgIpc) is 3.25. The number of aromatic nitrogens is 5. The Balaban J connectivity index is 2.01. The monoisotopic (exact) mass is 320 g/mol. The van der Waals surface area contributed by atoms with Crippen LogP contribution in [0.1, 0.15) is 15.9 Å². The third kappa shape index (κ3) is 2.12. The summed E-state index contributed by atoms with van der Waals surface area (Å²) >= 11 is 0. The molecular weight excluding hydrogens is 308 g/mol. The maximum absolute atomic E-state index is 11.9. The summed E-state index contributed by atoms with van der Waals surface area (Å²) in [5.41, 5.74) is 8.86. The lowest BCUT2D eigenvalue weighted by Crippen LogP contribution is -2.15. The van der Waals surface area contributed by atoms with Crippen LogP contribution in [-0.2, 0) is 0 Å². The van der Waals surface area contributed by atoms with Crippen LogP contribution < -0.4 is 5.73 Å². The molecule has 0 saturated carbocycles. The van der Waals surface area contributed by atoms with Gasteiger partial charge < -0.3 is 10.2 Å². The first-order valence-corrected chi connectivity index (χ1v) is 7.16. The van der Waals surface area contributed by atoms with Gasteiger partial charge in [0.1, 0.15) is 5.69 Å². The zero-order chi connectivity index (χ0) is 16.7. The number of amides is 1. The molecule has 24 heavy (non-hydrogen) atoms. The Hall–Kier alpha value is -3.55. The minimum Gasteiger partial charge on any atom is -0.433 e. The number of carbonyl (C=O) groups is 1. The summed E-state index contributed by atoms with van der Waals surface area (Å²) in [4.78, 5) is 25.0. The molecule has 0 aliphatic heterocycles. The van der Waals surface area contributed by atoms with E-state index < -0.39 is 5.91 Å². The van der Waals surface area contributed by atoms with Crippen molar-refractivity contribution < 1.29 is 9.21 Å². The molecule has 4 heterocycles. The highest BCUT2D eigenvalue weighted by Gasteiger charge is 2.22. The second kappa shape index (κ2) is 5.27. The first-order chi connectivity index (χ1) is 11.6. The topological polar surface area (TPSA) is 124 Å². The van der Waals surface area contributed by atoms with Crippen molar-refractivity contribution in [3.63, 3.8) is 0 Å². The van der Waals surface area contributed by atoms with Gasteiger partial charge in [0.05, 0.1) is 17.5 Å². The molecule has 8 nitrogen and oxygen atoms in total. The predicted octanol–water partition coefficient (Wildman–Crippen LogP) is 2.08. The Morgan fingerprint density at radius 2 is 2.17 bits per heavy atom. The molecule has 3 N–H and O–H groups in total. The summed E-state index contributed by atoms with van der Waals surface area (Å²) in [7, 11) is 0. The van der Waals surface area contributed by atoms with Gasteiger partial charge in [-0.05, 0) is 19.1 Å². The largest absolute Gasteiger partial charge is 0.433 e. The van der Waals surface area contributed by atoms with Crippen LogP contribution in [-0.4, -0.2) is 31.1 Å². The summed E-state index contributed by atoms with van der Waals surface area (Å²) in [5.74, 6) is -0.255. The quantitative estimate of drug-likeness (QED) is 0.595. The highest BCUT2D eigenvalue weighted by Crippen LogP contribution is 2.31. The Morgan fingerprint density at radius 1 is 1.29 bits per heavy atom. The Kier molecular flexibility index (Phi) is 3.09. The molecule has 0 bridgehead atoms. The molecule has 4 aromatic heterocycles. The Labute approximate surface area is 135 Å². The molecule has 0 aliphatic rings. The summed E-state index contributed by atoms with van der Waals surface area (Å²) in [6.45, 7) is 1.75. The van der Waals surface area contributed by atoms with Crippen molar-refractivity contribution >= 4 is 17.1 Å². The van der Waals surface area contributed by atoms with Crippen LogP contribution in [0.5, 0.6) is 0 Å². The Bertz CT molecular complexity index is 1040. The number of nitrogens with one attached hydrogen (secondary N) is 1. The van der Waals surface area contributed by atoms with Crippen molar-refractivity contribution in [1.82, 2.24) is 25.1 Å². The first kappa shape index (κ1) is 14.1. The summed E-state index contributed by atoms with van der Waals surface area (Å²) in [6, 6.07) is 5.42. The molecule has 1 amide bonds. The number of nitrogens with two attached hydrogens (primary N) is 1. The van der Waals surface area contributed by atoms with Gasteiger partial charge in [-0.3, -0.25) is 14.9 Å². The van der Waals surface area contributed by atoms with E-state index in [-0.39, 0.29) is 5.56 Å². The second-order valence-electron chi connectivity index (χ2n) is 5.20. The predicted molar refractivity (Wildman–Crippen MR) is 85.9 cm³/mol. The first-order valence-electron chi connectivity index (χ1n) is 7.16. The van der Waals surface area contributed by atoms with E-state index in [9.17, 15) is 4.79 Å². The third-order valence-electron chi connectivity index (χ3n) is 3.68. The number of hydrogen-bond donors (Lipinski definition) is 2. The van der Waals surface area contributed by atoms with Crippen LogP contribution >= 0.6 is 0 Å². The molecule has 118 valence electrons. The number of carbonyl (C=O) groups excluding carboxylic acids is 1. The van der Waals surface area contributed by atoms with Gasteiger partial charge in [-0.2, -0.15) is 10.1 Å². The van der Waals surface area contributed by atoms with Gasteiger partial charge in [0.15, 0.2) is 11.2 Å². The fourth-order valence-corrected chi connectivity index (χ4v) is 2.57. The fourth-order valence-electron chi connectivity index (χ4n) is 2.57. The van der Waals surface area contributed by atoms with E-state index in [0.717, 1.165) is 0 Å². The molecule has 0 fully saturated rings. The van der Waals surface area contributed by atoms with Crippen LogP contribution in [0.4, 0.5) is 0 Å². The van der Waals surface area contributed by atoms with E-state index >= 15 is 0 Å². The van der Waals surface area contributed by atoms with Crippen molar-refractivity contribution in [2.24, 2.45) is 5.73 Å². The molecule has 0 saturated heterocycles. The van der Waals surface area contributed by atoms with Crippen LogP contribution in [0.15, 0.2) is 41.2 Å². The molecule has 8 heteroatoms. The SMILES string of the molecule is Cc1c(C(N)=O)c(-c2cn[nH]c2)nc2nc(-c3ccccn3)oc12. The molecular formula is C16H12N6O2. The number of hydrogen-bond acceptors (Lipinski definition) is 6. The number of rotatable bonds is 3. The lowest BCUT2D eigenvalue weighted by atomic mass is 10.0. The number of pyridine rings is 2. The van der Waals surface area contributed by atoms with Crippen LogP contribution in [0.3, 0.4) is 0 Å². The fraction of sp³-hybridized carbons (Fsp3) is 0.0625. The van der Waals surface area contributed by atoms with E-state index in [1.165, 1.54) is 0 Å². The van der Waals surface area contributed by atoms with E-state index in [2.05, 4.69) is 25.1 Å². The number of nitrogens with zero attached hydrogens (tertiary/aromatic N) is 4. The van der Waals surface area contributed by atoms with E-state index in [0.29, 0.717) is 39.6 Å². The van der Waals surface area contributed by atoms with E-state index in [1.54, 1.807) is 37.6 Å². The zero-order valence-corrected chi connectivity index (χ0v) is 12.6. The minimum absolute atomic E-state index is 0.285. The number of oxazole rings is 1. The van der Waals surface area contributed by atoms with Gasteiger partial charge in [0.2, 0.25) is 5.89 Å². The van der Waals surface area contributed by atoms with Gasteiger partial charge in [-0.1, -0.05) is 6.07 Å². The van der Waals surface area contributed by atoms with Gasteiger partial charge in [-0.25, -0.2) is 4.98 Å². The Morgan fingerprint density at radius 3 is 2.83 bits per heavy atom. The molecule has 0 aliphatic carbocycles. The molecule has 4 rings (SSSR count). The van der Waals surface area contributed by atoms with Gasteiger partial charge in [0, 0.05) is 23.5 Å². The summed E-state index contributed by atoms with van der Waals surface area (Å²) in [6.07, 6.45) is 4.86. The van der Waals surface area contributed by atoms with E-state index in [4.69, 9.17) is 10.2 Å². The van der Waals surface area contributed by atoms with Crippen LogP contribution in [0.2, 0.25) is 0 Å². The number of primary amides is 1. The van der Waals surface area contributed by atoms with Crippen molar-refractivity contribution in [1.29, 1.82) is 0 Å². The maximum Gasteiger partial charge on any atom is 0.251 e. The highest BCUT2D eigenvalue weighted by molar-refractivity contribution is 6.03. The molecule has 0 radical (unpaired) electrons. The number of aryl methyl sites for hydroxylation is 1. The van der Waals surface area contributed by atoms with Crippen molar-refractivity contribution in [3.8, 4) is 22.8 Å². The lowest BCUT2D eigenvalue weighted by molar-refractivity contribution is 0.1000. The van der Waals surface area contributed by atoms with Crippen LogP contribution in [0, 0.1) is 6.92 Å². The molecule has 0 atom stereocenters. The maximum atomic E-state index is 11.9. The van der Waals surface area contributed by atoms with Gasteiger partial charge in [0.25, 0.3) is 5.91 Å². The minimum atomic E-state index is -0.589. The van der Waals surface area contributed by atoms with Crippen LogP contribution in [0.25, 0.3) is 34.1 Å². The average molecular weight is 320 g/mol. The summed E-state index contributed by atoms with van der Waals surface area (Å²) in [5, 5.41) is 6.59. The molecule has 0 spiro atoms. The van der Waals surface area contributed by atoms with Crippen molar-refractivity contribution in [2.75, 3.05) is 0 Å². The van der Waals surface area contributed by atoms with Gasteiger partial charge >= 0.3 is 0 Å². The molecule has 4 aromatic rings. The third-order valence-corrected chi connectivity index (χ3v) is 3.68. The zero-order valence-electron chi connectivity index (χ0n) is 12.6. The molecule has 0 unspecified atom stereocenters. The number of H-pyrrole nitrogens is 1. The lowest BCUT2D eigenvalue weighted by Gasteiger charge is -2.07. The number of aromatic amines is 1. The smallest absolute Gasteiger partial charge is 0.251 e. The molecule has 0 aromatic carbocycles.